The van der Waals surface area contributed by atoms with Crippen LogP contribution in [0.15, 0.2) is 6.20 Å². The van der Waals surface area contributed by atoms with Gasteiger partial charge in [0.05, 0.1) is 12.2 Å². The van der Waals surface area contributed by atoms with Gasteiger partial charge in [0.1, 0.15) is 5.82 Å². The van der Waals surface area contributed by atoms with E-state index in [1.165, 1.54) is 11.4 Å². The van der Waals surface area contributed by atoms with Crippen molar-refractivity contribution >= 4 is 5.82 Å². The highest BCUT2D eigenvalue weighted by molar-refractivity contribution is 5.45. The average Bonchev–Trinajstić information content (AvgIpc) is 2.33. The van der Waals surface area contributed by atoms with Gasteiger partial charge in [-0.3, -0.25) is 0 Å². The average molecular weight is 165 g/mol. The molecule has 0 aromatic carbocycles. The van der Waals surface area contributed by atoms with Crippen LogP contribution >= 0.6 is 0 Å². The topological polar surface area (TPSA) is 29.9 Å². The third kappa shape index (κ3) is 1.00. The van der Waals surface area contributed by atoms with Crippen LogP contribution in [0.4, 0.5) is 5.82 Å². The highest BCUT2D eigenvalue weighted by Crippen LogP contribution is 2.28. The molecule has 0 radical (unpaired) electrons. The molecular weight excluding hydrogens is 150 g/mol. The molecule has 1 aliphatic rings. The van der Waals surface area contributed by atoms with Gasteiger partial charge in [-0.2, -0.15) is 5.10 Å². The van der Waals surface area contributed by atoms with E-state index in [0.29, 0.717) is 12.1 Å². The smallest absolute Gasteiger partial charge is 0.127 e. The van der Waals surface area contributed by atoms with E-state index in [0.717, 1.165) is 6.42 Å². The van der Waals surface area contributed by atoms with E-state index in [4.69, 9.17) is 0 Å². The molecule has 2 heterocycles. The fourth-order valence-corrected chi connectivity index (χ4v) is 1.87. The van der Waals surface area contributed by atoms with E-state index in [1.54, 1.807) is 0 Å². The Morgan fingerprint density at radius 2 is 2.33 bits per heavy atom. The molecule has 3 nitrogen and oxygen atoms in total. The van der Waals surface area contributed by atoms with E-state index in [9.17, 15) is 0 Å². The van der Waals surface area contributed by atoms with Gasteiger partial charge in [-0.05, 0) is 27.2 Å². The van der Waals surface area contributed by atoms with Crippen LogP contribution in [0.3, 0.4) is 0 Å². The predicted octanol–water partition coefficient (Wildman–Crippen LogP) is 1.96. The summed E-state index contributed by atoms with van der Waals surface area (Å²) in [6.07, 6.45) is 3.09. The lowest BCUT2D eigenvalue weighted by molar-refractivity contribution is 0.413. The Morgan fingerprint density at radius 3 is 3.08 bits per heavy atom. The van der Waals surface area contributed by atoms with Crippen molar-refractivity contribution in [3.63, 3.8) is 0 Å². The van der Waals surface area contributed by atoms with Crippen molar-refractivity contribution in [2.45, 2.75) is 39.3 Å². The summed E-state index contributed by atoms with van der Waals surface area (Å²) in [6.45, 7) is 6.52. The number of hydrogen-bond donors (Lipinski definition) is 1. The van der Waals surface area contributed by atoms with Crippen molar-refractivity contribution in [2.75, 3.05) is 5.32 Å². The first kappa shape index (κ1) is 7.65. The molecule has 0 fully saturated rings. The maximum Gasteiger partial charge on any atom is 0.127 e. The Bertz CT molecular complexity index is 290. The molecular formula is C9H15N3. The molecule has 0 aliphatic carbocycles. The van der Waals surface area contributed by atoms with E-state index < -0.39 is 0 Å². The maximum atomic E-state index is 4.33. The highest BCUT2D eigenvalue weighted by atomic mass is 15.4. The van der Waals surface area contributed by atoms with Crippen LogP contribution in [-0.4, -0.2) is 15.8 Å². The number of hydrogen-bond acceptors (Lipinski definition) is 2. The second-order valence-electron chi connectivity index (χ2n) is 3.75. The van der Waals surface area contributed by atoms with Gasteiger partial charge in [-0.25, -0.2) is 4.68 Å². The molecule has 1 aliphatic heterocycles. The number of fused-ring (bicyclic) bond motifs is 1. The lowest BCUT2D eigenvalue weighted by atomic mass is 10.1. The molecule has 1 aromatic rings. The molecule has 0 bridgehead atoms. The van der Waals surface area contributed by atoms with Crippen LogP contribution in [0.1, 0.15) is 31.9 Å². The predicted molar refractivity (Wildman–Crippen MR) is 49.4 cm³/mol. The number of nitrogens with one attached hydrogen (secondary N) is 1. The molecule has 0 saturated heterocycles. The summed E-state index contributed by atoms with van der Waals surface area (Å²) >= 11 is 0. The fraction of sp³-hybridized carbons (Fsp3) is 0.667. The summed E-state index contributed by atoms with van der Waals surface area (Å²) in [7, 11) is 0. The summed E-state index contributed by atoms with van der Waals surface area (Å²) in [5.41, 5.74) is 1.24. The Kier molecular flexibility index (Phi) is 1.60. The lowest BCUT2D eigenvalue weighted by Gasteiger charge is -2.28. The number of nitrogens with zero attached hydrogens (tertiary/aromatic N) is 2. The first-order valence-corrected chi connectivity index (χ1v) is 4.49. The van der Waals surface area contributed by atoms with Gasteiger partial charge in [-0.1, -0.05) is 0 Å². The third-order valence-corrected chi connectivity index (χ3v) is 2.47. The van der Waals surface area contributed by atoms with Gasteiger partial charge >= 0.3 is 0 Å². The van der Waals surface area contributed by atoms with Gasteiger partial charge in [-0.15, -0.1) is 0 Å². The van der Waals surface area contributed by atoms with Crippen molar-refractivity contribution in [3.05, 3.63) is 11.8 Å². The molecule has 0 saturated carbocycles. The second-order valence-corrected chi connectivity index (χ2v) is 3.75. The van der Waals surface area contributed by atoms with Gasteiger partial charge in [0.15, 0.2) is 0 Å². The van der Waals surface area contributed by atoms with Crippen molar-refractivity contribution in [1.29, 1.82) is 0 Å². The minimum absolute atomic E-state index is 0.532. The normalized spacial score (nSPS) is 27.9. The minimum Gasteiger partial charge on any atom is -0.368 e. The number of aryl methyl sites for hydroxylation is 1. The van der Waals surface area contributed by atoms with Gasteiger partial charge in [0.25, 0.3) is 0 Å². The summed E-state index contributed by atoms with van der Waals surface area (Å²) in [6, 6.07) is 1.10. The van der Waals surface area contributed by atoms with E-state index in [2.05, 4.69) is 35.9 Å². The van der Waals surface area contributed by atoms with Crippen molar-refractivity contribution < 1.29 is 0 Å². The van der Waals surface area contributed by atoms with Crippen LogP contribution in [0, 0.1) is 6.92 Å². The summed E-state index contributed by atoms with van der Waals surface area (Å²) < 4.78 is 2.08. The zero-order chi connectivity index (χ0) is 8.72. The SMILES string of the molecule is Cc1cnn2c1NC(C)CC2C. The standard InChI is InChI=1S/C9H15N3/c1-6-5-10-12-8(3)4-7(2)11-9(6)12/h5,7-8,11H,4H2,1-3H3. The molecule has 1 N–H and O–H groups in total. The molecule has 0 spiro atoms. The number of anilines is 1. The largest absolute Gasteiger partial charge is 0.368 e. The first-order valence-electron chi connectivity index (χ1n) is 4.49. The Hall–Kier alpha value is -0.990. The molecule has 1 aromatic heterocycles. The van der Waals surface area contributed by atoms with Gasteiger partial charge in [0.2, 0.25) is 0 Å². The molecule has 12 heavy (non-hydrogen) atoms. The number of aromatic nitrogens is 2. The van der Waals surface area contributed by atoms with E-state index >= 15 is 0 Å². The van der Waals surface area contributed by atoms with Crippen molar-refractivity contribution in [2.24, 2.45) is 0 Å². The van der Waals surface area contributed by atoms with Crippen LogP contribution in [0.2, 0.25) is 0 Å². The number of rotatable bonds is 0. The van der Waals surface area contributed by atoms with Crippen LogP contribution in [-0.2, 0) is 0 Å². The van der Waals surface area contributed by atoms with E-state index in [1.807, 2.05) is 6.20 Å². The molecule has 0 amide bonds. The van der Waals surface area contributed by atoms with Crippen LogP contribution in [0.25, 0.3) is 0 Å². The molecule has 2 rings (SSSR count). The zero-order valence-electron chi connectivity index (χ0n) is 7.83. The van der Waals surface area contributed by atoms with Gasteiger partial charge in [0, 0.05) is 11.6 Å². The Labute approximate surface area is 72.8 Å². The summed E-state index contributed by atoms with van der Waals surface area (Å²) in [4.78, 5) is 0. The Balaban J connectivity index is 2.43. The van der Waals surface area contributed by atoms with Crippen LogP contribution in [0.5, 0.6) is 0 Å². The quantitative estimate of drug-likeness (QED) is 0.637. The minimum atomic E-state index is 0.532. The zero-order valence-corrected chi connectivity index (χ0v) is 7.83. The first-order chi connectivity index (χ1) is 5.68. The van der Waals surface area contributed by atoms with Crippen LogP contribution < -0.4 is 5.32 Å². The third-order valence-electron chi connectivity index (χ3n) is 2.47. The highest BCUT2D eigenvalue weighted by Gasteiger charge is 2.21. The Morgan fingerprint density at radius 1 is 1.58 bits per heavy atom. The molecule has 3 heteroatoms. The second kappa shape index (κ2) is 2.51. The van der Waals surface area contributed by atoms with E-state index in [-0.39, 0.29) is 0 Å². The summed E-state index contributed by atoms with van der Waals surface area (Å²) in [5, 5.41) is 7.76. The lowest BCUT2D eigenvalue weighted by Crippen LogP contribution is -2.29. The molecule has 66 valence electrons. The maximum absolute atomic E-state index is 4.33. The van der Waals surface area contributed by atoms with Gasteiger partial charge < -0.3 is 5.32 Å². The van der Waals surface area contributed by atoms with Crippen molar-refractivity contribution in [1.82, 2.24) is 9.78 Å². The molecule has 2 unspecified atom stereocenters. The monoisotopic (exact) mass is 165 g/mol. The summed E-state index contributed by atoms with van der Waals surface area (Å²) in [5.74, 6) is 1.20. The van der Waals surface area contributed by atoms with Crippen molar-refractivity contribution in [3.8, 4) is 0 Å². The molecule has 2 atom stereocenters. The fourth-order valence-electron chi connectivity index (χ4n) is 1.87.